The van der Waals surface area contributed by atoms with Crippen molar-refractivity contribution in [1.29, 1.82) is 5.26 Å². The third kappa shape index (κ3) is 4.39. The van der Waals surface area contributed by atoms with Crippen LogP contribution in [0.3, 0.4) is 0 Å². The van der Waals surface area contributed by atoms with E-state index in [0.717, 1.165) is 42.3 Å². The molecule has 3 rings (SSSR count). The van der Waals surface area contributed by atoms with Crippen LogP contribution in [0.25, 0.3) is 0 Å². The Morgan fingerprint density at radius 1 is 1.22 bits per heavy atom. The van der Waals surface area contributed by atoms with Crippen molar-refractivity contribution in [2.45, 2.75) is 23.5 Å². The number of nitrogens with one attached hydrogen (secondary N) is 1. The number of hydrogen-bond donors (Lipinski definition) is 1. The van der Waals surface area contributed by atoms with Crippen molar-refractivity contribution in [3.63, 3.8) is 0 Å². The summed E-state index contributed by atoms with van der Waals surface area (Å²) in [6.07, 6.45) is 3.84. The fourth-order valence-electron chi connectivity index (χ4n) is 2.60. The quantitative estimate of drug-likeness (QED) is 0.834. The van der Waals surface area contributed by atoms with Crippen LogP contribution in [-0.4, -0.2) is 18.1 Å². The molecule has 2 heterocycles. The van der Waals surface area contributed by atoms with E-state index in [1.54, 1.807) is 24.0 Å². The minimum absolute atomic E-state index is 0. The largest absolute Gasteiger partial charge is 0.316 e. The van der Waals surface area contributed by atoms with Crippen molar-refractivity contribution < 1.29 is 0 Å². The molecule has 1 aliphatic heterocycles. The molecule has 0 fully saturated rings. The molecule has 0 radical (unpaired) electrons. The van der Waals surface area contributed by atoms with Crippen LogP contribution in [0.15, 0.2) is 35.4 Å². The summed E-state index contributed by atoms with van der Waals surface area (Å²) < 4.78 is 0. The van der Waals surface area contributed by atoms with Crippen LogP contribution in [0.5, 0.6) is 0 Å². The van der Waals surface area contributed by atoms with E-state index in [1.807, 2.05) is 18.2 Å². The molecule has 0 bridgehead atoms. The van der Waals surface area contributed by atoms with Crippen LogP contribution in [0.1, 0.15) is 22.4 Å². The van der Waals surface area contributed by atoms with Crippen LogP contribution >= 0.6 is 35.8 Å². The first kappa shape index (κ1) is 18.1. The predicted octanol–water partition coefficient (Wildman–Crippen LogP) is 4.01. The average Bonchev–Trinajstić information content (AvgIpc) is 2.80. The molecule has 0 spiro atoms. The highest BCUT2D eigenvalue weighted by molar-refractivity contribution is 7.98. The van der Waals surface area contributed by atoms with Gasteiger partial charge >= 0.3 is 0 Å². The van der Waals surface area contributed by atoms with E-state index in [9.17, 15) is 0 Å². The zero-order chi connectivity index (χ0) is 15.4. The molecule has 0 unspecified atom stereocenters. The second kappa shape index (κ2) is 8.56. The smallest absolute Gasteiger partial charge is 0.140 e. The Morgan fingerprint density at radius 2 is 2.04 bits per heavy atom. The molecular weight excluding hydrogens is 349 g/mol. The zero-order valence-electron chi connectivity index (χ0n) is 12.5. The molecule has 0 atom stereocenters. The van der Waals surface area contributed by atoms with E-state index in [1.165, 1.54) is 16.0 Å². The first-order chi connectivity index (χ1) is 10.8. The minimum Gasteiger partial charge on any atom is -0.316 e. The zero-order valence-corrected chi connectivity index (χ0v) is 14.9. The summed E-state index contributed by atoms with van der Waals surface area (Å²) in [7, 11) is 0. The molecule has 2 aromatic rings. The van der Waals surface area contributed by atoms with Crippen LogP contribution in [0.2, 0.25) is 5.02 Å². The topological polar surface area (TPSA) is 48.7 Å². The number of aromatic nitrogens is 1. The van der Waals surface area contributed by atoms with Crippen molar-refractivity contribution in [1.82, 2.24) is 10.3 Å². The van der Waals surface area contributed by atoms with Gasteiger partial charge in [-0.05, 0) is 54.8 Å². The van der Waals surface area contributed by atoms with Gasteiger partial charge < -0.3 is 5.32 Å². The van der Waals surface area contributed by atoms with Gasteiger partial charge in [0.1, 0.15) is 11.8 Å². The number of fused-ring (bicyclic) bond motifs is 1. The summed E-state index contributed by atoms with van der Waals surface area (Å²) in [6, 6.07) is 9.91. The maximum absolute atomic E-state index is 8.79. The molecule has 0 amide bonds. The molecule has 1 N–H and O–H groups in total. The van der Waals surface area contributed by atoms with Crippen molar-refractivity contribution in [2.75, 3.05) is 13.1 Å². The minimum atomic E-state index is 0. The van der Waals surface area contributed by atoms with Crippen molar-refractivity contribution in [2.24, 2.45) is 0 Å². The Balaban J connectivity index is 0.00000192. The van der Waals surface area contributed by atoms with Crippen LogP contribution in [-0.2, 0) is 18.6 Å². The molecule has 23 heavy (non-hydrogen) atoms. The fraction of sp³-hybridized carbons (Fsp3) is 0.294. The van der Waals surface area contributed by atoms with Gasteiger partial charge in [-0.15, -0.1) is 24.2 Å². The molecule has 6 heteroatoms. The van der Waals surface area contributed by atoms with E-state index >= 15 is 0 Å². The summed E-state index contributed by atoms with van der Waals surface area (Å²) >= 11 is 8.18. The van der Waals surface area contributed by atoms with Crippen LogP contribution in [0.4, 0.5) is 0 Å². The second-order valence-electron chi connectivity index (χ2n) is 5.22. The Bertz CT molecular complexity index is 711. The number of rotatable bonds is 3. The highest BCUT2D eigenvalue weighted by atomic mass is 35.5. The normalized spacial score (nSPS) is 13.4. The van der Waals surface area contributed by atoms with E-state index in [2.05, 4.69) is 16.4 Å². The van der Waals surface area contributed by atoms with Gasteiger partial charge in [-0.1, -0.05) is 23.7 Å². The molecule has 0 saturated carbocycles. The summed E-state index contributed by atoms with van der Waals surface area (Å²) in [5, 5.41) is 13.1. The van der Waals surface area contributed by atoms with Crippen LogP contribution < -0.4 is 5.32 Å². The molecule has 1 aromatic carbocycles. The number of hydrogen-bond acceptors (Lipinski definition) is 4. The lowest BCUT2D eigenvalue weighted by Crippen LogP contribution is -2.16. The first-order valence-electron chi connectivity index (χ1n) is 7.27. The molecule has 0 aliphatic carbocycles. The fourth-order valence-corrected chi connectivity index (χ4v) is 4.03. The maximum atomic E-state index is 8.79. The third-order valence-corrected chi connectivity index (χ3v) is 5.41. The lowest BCUT2D eigenvalue weighted by Gasteiger charge is -2.13. The summed E-state index contributed by atoms with van der Waals surface area (Å²) in [5.41, 5.74) is 4.33. The summed E-state index contributed by atoms with van der Waals surface area (Å²) in [6.45, 7) is 2.03. The van der Waals surface area contributed by atoms with Gasteiger partial charge in [0.2, 0.25) is 0 Å². The van der Waals surface area contributed by atoms with E-state index in [0.29, 0.717) is 5.69 Å². The number of nitriles is 1. The Labute approximate surface area is 151 Å². The first-order valence-corrected chi connectivity index (χ1v) is 8.63. The number of pyridine rings is 1. The second-order valence-corrected chi connectivity index (χ2v) is 6.61. The molecule has 3 nitrogen and oxygen atoms in total. The third-order valence-electron chi connectivity index (χ3n) is 3.75. The van der Waals surface area contributed by atoms with E-state index in [4.69, 9.17) is 16.9 Å². The standard InChI is InChI=1S/C17H16ClN3S.ClH/c18-16-4-2-13-5-7-20-8-6-15(13)17(16)22-11-12-1-3-14(9-19)21-10-12;/h1-4,10,20H,5-8,11H2;1H. The molecular formula is C17H17Cl2N3S. The average molecular weight is 366 g/mol. The maximum Gasteiger partial charge on any atom is 0.140 e. The van der Waals surface area contributed by atoms with Gasteiger partial charge in [0, 0.05) is 16.8 Å². The van der Waals surface area contributed by atoms with Crippen LogP contribution in [0, 0.1) is 11.3 Å². The number of halogens is 2. The Morgan fingerprint density at radius 3 is 2.78 bits per heavy atom. The van der Waals surface area contributed by atoms with Gasteiger partial charge in [0.15, 0.2) is 0 Å². The number of nitrogens with zero attached hydrogens (tertiary/aromatic N) is 2. The van der Waals surface area contributed by atoms with Gasteiger partial charge in [-0.3, -0.25) is 0 Å². The summed E-state index contributed by atoms with van der Waals surface area (Å²) in [4.78, 5) is 5.30. The number of thioether (sulfide) groups is 1. The van der Waals surface area contributed by atoms with Crippen molar-refractivity contribution in [3.8, 4) is 6.07 Å². The molecule has 0 saturated heterocycles. The SMILES string of the molecule is Cl.N#Cc1ccc(CSc2c(Cl)ccc3c2CCNCC3)cn1. The molecule has 1 aromatic heterocycles. The van der Waals surface area contributed by atoms with E-state index in [-0.39, 0.29) is 12.4 Å². The summed E-state index contributed by atoms with van der Waals surface area (Å²) in [5.74, 6) is 0.808. The van der Waals surface area contributed by atoms with Crippen molar-refractivity contribution >= 4 is 35.8 Å². The predicted molar refractivity (Wildman–Crippen MR) is 97.5 cm³/mol. The van der Waals surface area contributed by atoms with Crippen molar-refractivity contribution in [3.05, 3.63) is 57.9 Å². The Kier molecular flexibility index (Phi) is 6.73. The molecule has 1 aliphatic rings. The van der Waals surface area contributed by atoms with Gasteiger partial charge in [0.25, 0.3) is 0 Å². The lowest BCUT2D eigenvalue weighted by atomic mass is 10.0. The monoisotopic (exact) mass is 365 g/mol. The molecule has 120 valence electrons. The van der Waals surface area contributed by atoms with Gasteiger partial charge in [-0.25, -0.2) is 4.98 Å². The van der Waals surface area contributed by atoms with Gasteiger partial charge in [-0.2, -0.15) is 5.26 Å². The highest BCUT2D eigenvalue weighted by Crippen LogP contribution is 2.35. The highest BCUT2D eigenvalue weighted by Gasteiger charge is 2.15. The van der Waals surface area contributed by atoms with E-state index < -0.39 is 0 Å². The number of benzene rings is 1. The lowest BCUT2D eigenvalue weighted by molar-refractivity contribution is 0.709. The van der Waals surface area contributed by atoms with Gasteiger partial charge in [0.05, 0.1) is 5.02 Å². The Hall–Kier alpha value is -1.25.